The Hall–Kier alpha value is -1.45. The molecule has 0 aromatic heterocycles. The van der Waals surface area contributed by atoms with Gasteiger partial charge in [-0.25, -0.2) is 8.42 Å². The van der Waals surface area contributed by atoms with Gasteiger partial charge in [-0.1, -0.05) is 18.2 Å². The summed E-state index contributed by atoms with van der Waals surface area (Å²) in [6, 6.07) is 5.42. The first-order valence-electron chi connectivity index (χ1n) is 7.92. The van der Waals surface area contributed by atoms with Crippen molar-refractivity contribution in [2.75, 3.05) is 19.3 Å². The maximum Gasteiger partial charge on any atom is 0.387 e. The summed E-state index contributed by atoms with van der Waals surface area (Å²) in [5.74, 6) is -0.667. The molecule has 1 saturated heterocycles. The fraction of sp³-hybridized carbons (Fsp3) is 0.562. The van der Waals surface area contributed by atoms with Gasteiger partial charge in [-0.3, -0.25) is 4.79 Å². The first-order valence-corrected chi connectivity index (χ1v) is 9.81. The van der Waals surface area contributed by atoms with E-state index in [1.54, 1.807) is 25.1 Å². The number of hydrogen-bond acceptors (Lipinski definition) is 5. The second-order valence-electron chi connectivity index (χ2n) is 6.13. The van der Waals surface area contributed by atoms with Crippen molar-refractivity contribution in [3.63, 3.8) is 0 Å². The van der Waals surface area contributed by atoms with E-state index in [9.17, 15) is 22.0 Å². The Bertz CT molecular complexity index is 725. The summed E-state index contributed by atoms with van der Waals surface area (Å²) in [6.07, 6.45) is 1.38. The Labute approximate surface area is 158 Å². The molecule has 148 valence electrons. The lowest BCUT2D eigenvalue weighted by molar-refractivity contribution is -0.125. The van der Waals surface area contributed by atoms with E-state index in [0.717, 1.165) is 6.26 Å². The smallest absolute Gasteiger partial charge is 0.387 e. The molecule has 1 aliphatic rings. The third-order valence-corrected chi connectivity index (χ3v) is 6.50. The van der Waals surface area contributed by atoms with Crippen molar-refractivity contribution < 1.29 is 26.7 Å². The lowest BCUT2D eigenvalue weighted by atomic mass is 9.95. The maximum atomic E-state index is 12.8. The molecule has 0 spiro atoms. The van der Waals surface area contributed by atoms with Gasteiger partial charge >= 0.3 is 6.61 Å². The van der Waals surface area contributed by atoms with E-state index in [1.807, 2.05) is 0 Å². The first-order chi connectivity index (χ1) is 11.7. The van der Waals surface area contributed by atoms with Crippen LogP contribution in [0.3, 0.4) is 0 Å². The van der Waals surface area contributed by atoms with Gasteiger partial charge in [0.25, 0.3) is 0 Å². The van der Waals surface area contributed by atoms with E-state index >= 15 is 0 Å². The number of hydrogen-bond donors (Lipinski definition) is 2. The van der Waals surface area contributed by atoms with Crippen molar-refractivity contribution in [3.8, 4) is 5.75 Å². The van der Waals surface area contributed by atoms with Gasteiger partial charge in [-0.2, -0.15) is 8.78 Å². The number of benzene rings is 1. The van der Waals surface area contributed by atoms with Gasteiger partial charge in [-0.15, -0.1) is 12.4 Å². The number of sulfone groups is 1. The van der Waals surface area contributed by atoms with Crippen molar-refractivity contribution >= 4 is 28.2 Å². The summed E-state index contributed by atoms with van der Waals surface area (Å²) >= 11 is 0. The van der Waals surface area contributed by atoms with Gasteiger partial charge in [0.15, 0.2) is 14.6 Å². The molecule has 1 fully saturated rings. The number of rotatable bonds is 6. The van der Waals surface area contributed by atoms with Crippen LogP contribution in [0.5, 0.6) is 5.75 Å². The third-order valence-electron chi connectivity index (χ3n) is 4.48. The van der Waals surface area contributed by atoms with E-state index in [1.165, 1.54) is 6.07 Å². The highest BCUT2D eigenvalue weighted by Crippen LogP contribution is 2.31. The van der Waals surface area contributed by atoms with Gasteiger partial charge < -0.3 is 15.4 Å². The molecule has 1 aliphatic heterocycles. The lowest BCUT2D eigenvalue weighted by Crippen LogP contribution is -2.57. The fourth-order valence-electron chi connectivity index (χ4n) is 3.04. The van der Waals surface area contributed by atoms with Gasteiger partial charge in [0.1, 0.15) is 5.75 Å². The molecular weight excluding hydrogens is 390 g/mol. The van der Waals surface area contributed by atoms with Crippen LogP contribution >= 0.6 is 12.4 Å². The highest BCUT2D eigenvalue weighted by atomic mass is 35.5. The van der Waals surface area contributed by atoms with Crippen LogP contribution in [0.1, 0.15) is 31.4 Å². The molecule has 10 heteroatoms. The number of nitrogens with one attached hydrogen (secondary N) is 2. The predicted molar refractivity (Wildman–Crippen MR) is 96.6 cm³/mol. The predicted octanol–water partition coefficient (Wildman–Crippen LogP) is 2.05. The molecule has 26 heavy (non-hydrogen) atoms. The molecule has 1 aromatic rings. The van der Waals surface area contributed by atoms with Crippen molar-refractivity contribution in [3.05, 3.63) is 29.8 Å². The number of amides is 1. The molecule has 2 rings (SSSR count). The number of carbonyl (C=O) groups excluding carboxylic acids is 1. The standard InChI is InChI=1S/C16H22F2N2O4S.ClH/c1-11(12-5-3-4-6-13(12)24-15(17)18)20-14(21)16(25(2,22)23)7-9-19-10-8-16;/h3-6,11,15,19H,7-10H2,1-2H3,(H,20,21);1H. The summed E-state index contributed by atoms with van der Waals surface area (Å²) in [5, 5.41) is 5.69. The summed E-state index contributed by atoms with van der Waals surface area (Å²) < 4.78 is 52.6. The van der Waals surface area contributed by atoms with E-state index in [4.69, 9.17) is 0 Å². The fourth-order valence-corrected chi connectivity index (χ4v) is 4.39. The minimum atomic E-state index is -3.65. The Morgan fingerprint density at radius 1 is 1.27 bits per heavy atom. The van der Waals surface area contributed by atoms with Gasteiger partial charge in [0, 0.05) is 11.8 Å². The minimum Gasteiger partial charge on any atom is -0.434 e. The maximum absolute atomic E-state index is 12.8. The van der Waals surface area contributed by atoms with Crippen LogP contribution in [0.4, 0.5) is 8.78 Å². The Morgan fingerprint density at radius 2 is 1.85 bits per heavy atom. The number of halogens is 3. The molecule has 0 bridgehead atoms. The Kier molecular flexibility index (Phi) is 7.79. The van der Waals surface area contributed by atoms with Crippen LogP contribution < -0.4 is 15.4 Å². The molecule has 1 aromatic carbocycles. The van der Waals surface area contributed by atoms with Crippen LogP contribution in [0, 0.1) is 0 Å². The van der Waals surface area contributed by atoms with Crippen molar-refractivity contribution in [2.24, 2.45) is 0 Å². The largest absolute Gasteiger partial charge is 0.434 e. The van der Waals surface area contributed by atoms with Gasteiger partial charge in [0.2, 0.25) is 5.91 Å². The second kappa shape index (κ2) is 8.96. The second-order valence-corrected chi connectivity index (χ2v) is 8.45. The molecule has 1 amide bonds. The minimum absolute atomic E-state index is 0. The summed E-state index contributed by atoms with van der Waals surface area (Å²) in [4.78, 5) is 12.8. The van der Waals surface area contributed by atoms with Crippen LogP contribution in [-0.4, -0.2) is 45.0 Å². The lowest BCUT2D eigenvalue weighted by Gasteiger charge is -2.35. The summed E-state index contributed by atoms with van der Waals surface area (Å²) in [6.45, 7) is -0.557. The zero-order valence-corrected chi connectivity index (χ0v) is 16.1. The zero-order chi connectivity index (χ0) is 18.7. The SMILES string of the molecule is CC(NC(=O)C1(S(C)(=O)=O)CCNCC1)c1ccccc1OC(F)F.Cl. The van der Waals surface area contributed by atoms with E-state index in [-0.39, 0.29) is 31.0 Å². The highest BCUT2D eigenvalue weighted by molar-refractivity contribution is 7.92. The van der Waals surface area contributed by atoms with E-state index in [2.05, 4.69) is 15.4 Å². The zero-order valence-electron chi connectivity index (χ0n) is 14.5. The summed E-state index contributed by atoms with van der Waals surface area (Å²) in [5.41, 5.74) is 0.355. The molecule has 0 aliphatic carbocycles. The van der Waals surface area contributed by atoms with E-state index in [0.29, 0.717) is 18.7 Å². The molecule has 0 radical (unpaired) electrons. The number of alkyl halides is 2. The molecule has 1 heterocycles. The van der Waals surface area contributed by atoms with Crippen LogP contribution in [0.2, 0.25) is 0 Å². The molecule has 1 unspecified atom stereocenters. The third kappa shape index (κ3) is 4.83. The average molecular weight is 413 g/mol. The van der Waals surface area contributed by atoms with Crippen LogP contribution in [0.15, 0.2) is 24.3 Å². The number of piperidine rings is 1. The monoisotopic (exact) mass is 412 g/mol. The van der Waals surface area contributed by atoms with Crippen LogP contribution in [-0.2, 0) is 14.6 Å². The van der Waals surface area contributed by atoms with Gasteiger partial charge in [0.05, 0.1) is 6.04 Å². The quantitative estimate of drug-likeness (QED) is 0.747. The highest BCUT2D eigenvalue weighted by Gasteiger charge is 2.48. The molecule has 0 saturated carbocycles. The Morgan fingerprint density at radius 3 is 2.38 bits per heavy atom. The van der Waals surface area contributed by atoms with E-state index < -0.39 is 33.1 Å². The number of ether oxygens (including phenoxy) is 1. The first kappa shape index (κ1) is 22.6. The molecular formula is C16H23ClF2N2O4S. The van der Waals surface area contributed by atoms with Gasteiger partial charge in [-0.05, 0) is 38.9 Å². The summed E-state index contributed by atoms with van der Waals surface area (Å²) in [7, 11) is -3.65. The normalized spacial score (nSPS) is 17.9. The number of para-hydroxylation sites is 1. The number of carbonyl (C=O) groups is 1. The molecule has 6 nitrogen and oxygen atoms in total. The topological polar surface area (TPSA) is 84.5 Å². The Balaban J connectivity index is 0.00000338. The average Bonchev–Trinajstić information content (AvgIpc) is 2.54. The van der Waals surface area contributed by atoms with Crippen molar-refractivity contribution in [2.45, 2.75) is 37.2 Å². The van der Waals surface area contributed by atoms with Crippen LogP contribution in [0.25, 0.3) is 0 Å². The molecule has 1 atom stereocenters. The molecule has 2 N–H and O–H groups in total. The van der Waals surface area contributed by atoms with Crippen molar-refractivity contribution in [1.29, 1.82) is 0 Å². The van der Waals surface area contributed by atoms with Crippen molar-refractivity contribution in [1.82, 2.24) is 10.6 Å².